The summed E-state index contributed by atoms with van der Waals surface area (Å²) in [5, 5.41) is 32.0. The van der Waals surface area contributed by atoms with Crippen LogP contribution in [0.2, 0.25) is 0 Å². The van der Waals surface area contributed by atoms with Crippen molar-refractivity contribution in [1.29, 1.82) is 0 Å². The van der Waals surface area contributed by atoms with Crippen LogP contribution in [0.25, 0.3) is 11.1 Å². The number of carbonyl (C=O) groups excluding carboxylic acids is 3. The molecule has 0 aliphatic heterocycles. The van der Waals surface area contributed by atoms with Gasteiger partial charge in [0.2, 0.25) is 5.91 Å². The van der Waals surface area contributed by atoms with Crippen molar-refractivity contribution >= 4 is 23.7 Å². The monoisotopic (exact) mass is 457 g/mol. The molecule has 2 aromatic carbocycles. The predicted molar refractivity (Wildman–Crippen MR) is 118 cm³/mol. The van der Waals surface area contributed by atoms with Gasteiger partial charge in [-0.2, -0.15) is 0 Å². The highest BCUT2D eigenvalue weighted by Crippen LogP contribution is 2.20. The van der Waals surface area contributed by atoms with E-state index in [9.17, 15) is 24.3 Å². The van der Waals surface area contributed by atoms with Gasteiger partial charge in [0.1, 0.15) is 12.1 Å². The zero-order valence-corrected chi connectivity index (χ0v) is 18.2. The maximum Gasteiger partial charge on any atom is 0.305 e. The molecule has 0 unspecified atom stereocenters. The highest BCUT2D eigenvalue weighted by atomic mass is 16.5. The van der Waals surface area contributed by atoms with E-state index in [1.807, 2.05) is 24.3 Å². The average Bonchev–Trinajstić information content (AvgIpc) is 2.81. The topological polar surface area (TPSA) is 165 Å². The Bertz CT molecular complexity index is 988. The first-order chi connectivity index (χ1) is 15.7. The number of benzene rings is 2. The molecule has 10 heteroatoms. The molecule has 0 heterocycles. The number of carboxylic acid groups (broad SMARTS) is 1. The van der Waals surface area contributed by atoms with Gasteiger partial charge in [-0.25, -0.2) is 5.48 Å². The van der Waals surface area contributed by atoms with Crippen LogP contribution in [0.3, 0.4) is 0 Å². The number of carboxylic acids is 1. The van der Waals surface area contributed by atoms with Gasteiger partial charge >= 0.3 is 5.97 Å². The smallest absolute Gasteiger partial charge is 0.305 e. The number of hydrogen-bond acceptors (Lipinski definition) is 6. The number of carbonyl (C=O) groups is 4. The molecule has 0 aliphatic rings. The Labute approximate surface area is 190 Å². The first-order valence-electron chi connectivity index (χ1n) is 10.3. The maximum absolute atomic E-state index is 12.6. The number of hydrogen-bond donors (Lipinski definition) is 6. The molecule has 0 aromatic heterocycles. The number of aliphatic carboxylic acids is 1. The minimum Gasteiger partial charge on any atom is -0.481 e. The van der Waals surface area contributed by atoms with Crippen molar-refractivity contribution in [1.82, 2.24) is 16.1 Å². The summed E-state index contributed by atoms with van der Waals surface area (Å²) in [7, 11) is 0. The molecule has 3 atom stereocenters. The van der Waals surface area contributed by atoms with E-state index in [1.54, 1.807) is 24.3 Å². The lowest BCUT2D eigenvalue weighted by Crippen LogP contribution is -2.57. The van der Waals surface area contributed by atoms with Crippen LogP contribution in [0.15, 0.2) is 48.5 Å². The van der Waals surface area contributed by atoms with Crippen LogP contribution in [0.4, 0.5) is 0 Å². The number of hydroxylamine groups is 1. The summed E-state index contributed by atoms with van der Waals surface area (Å²) in [6.07, 6.45) is -1.22. The molecule has 10 nitrogen and oxygen atoms in total. The minimum absolute atomic E-state index is 0.201. The van der Waals surface area contributed by atoms with Crippen LogP contribution in [0.5, 0.6) is 0 Å². The van der Waals surface area contributed by atoms with E-state index in [2.05, 4.69) is 17.6 Å². The van der Waals surface area contributed by atoms with Crippen LogP contribution < -0.4 is 16.1 Å². The van der Waals surface area contributed by atoms with Gasteiger partial charge in [0.05, 0.1) is 12.5 Å². The van der Waals surface area contributed by atoms with E-state index in [1.165, 1.54) is 18.0 Å². The fourth-order valence-electron chi connectivity index (χ4n) is 3.10. The van der Waals surface area contributed by atoms with Crippen molar-refractivity contribution in [3.05, 3.63) is 59.7 Å². The van der Waals surface area contributed by atoms with E-state index in [0.717, 1.165) is 17.5 Å². The summed E-state index contributed by atoms with van der Waals surface area (Å²) >= 11 is 0. The second kappa shape index (κ2) is 11.7. The minimum atomic E-state index is -1.55. The second-order valence-corrected chi connectivity index (χ2v) is 7.45. The fourth-order valence-corrected chi connectivity index (χ4v) is 3.10. The van der Waals surface area contributed by atoms with Gasteiger partial charge in [0, 0.05) is 5.56 Å². The van der Waals surface area contributed by atoms with Gasteiger partial charge in [0.15, 0.2) is 0 Å². The normalized spacial score (nSPS) is 13.3. The third-order valence-corrected chi connectivity index (χ3v) is 5.02. The van der Waals surface area contributed by atoms with E-state index in [4.69, 9.17) is 10.3 Å². The first-order valence-corrected chi connectivity index (χ1v) is 10.3. The molecule has 2 rings (SSSR count). The highest BCUT2D eigenvalue weighted by molar-refractivity contribution is 5.99. The average molecular weight is 457 g/mol. The summed E-state index contributed by atoms with van der Waals surface area (Å²) in [4.78, 5) is 48.0. The van der Waals surface area contributed by atoms with Gasteiger partial charge in [0.25, 0.3) is 11.8 Å². The van der Waals surface area contributed by atoms with Crippen molar-refractivity contribution in [3.8, 4) is 11.1 Å². The van der Waals surface area contributed by atoms with Crippen LogP contribution in [0.1, 0.15) is 36.2 Å². The zero-order chi connectivity index (χ0) is 24.5. The molecular formula is C23H27N3O7. The molecular weight excluding hydrogens is 430 g/mol. The van der Waals surface area contributed by atoms with Crippen molar-refractivity contribution in [3.63, 3.8) is 0 Å². The number of rotatable bonds is 10. The largest absolute Gasteiger partial charge is 0.481 e. The third kappa shape index (κ3) is 7.13. The molecule has 3 amide bonds. The van der Waals surface area contributed by atoms with Gasteiger partial charge in [-0.15, -0.1) is 0 Å². The van der Waals surface area contributed by atoms with E-state index >= 15 is 0 Å². The van der Waals surface area contributed by atoms with Crippen molar-refractivity contribution < 1.29 is 34.6 Å². The molecule has 0 spiro atoms. The quantitative estimate of drug-likeness (QED) is 0.227. The van der Waals surface area contributed by atoms with Crippen molar-refractivity contribution in [2.75, 3.05) is 0 Å². The standard InChI is InChI=1S/C23H27N3O7/c1-3-14-4-6-15(7-5-14)16-8-10-17(11-9-16)21(30)24-18(12-19(28)29)22(31)25-20(13(2)27)23(32)26-33/h4-11,13,18,20,27,33H,3,12H2,1-2H3,(H,24,30)(H,25,31)(H,26,32)(H,28,29)/t13-,18+,20+/m1/s1. The lowest BCUT2D eigenvalue weighted by atomic mass is 10.0. The molecule has 0 bridgehead atoms. The van der Waals surface area contributed by atoms with E-state index in [-0.39, 0.29) is 5.56 Å². The van der Waals surface area contributed by atoms with E-state index in [0.29, 0.717) is 0 Å². The van der Waals surface area contributed by atoms with Crippen LogP contribution in [-0.4, -0.2) is 57.3 Å². The molecule has 176 valence electrons. The molecule has 0 aliphatic carbocycles. The Morgan fingerprint density at radius 1 is 0.879 bits per heavy atom. The molecule has 0 radical (unpaired) electrons. The number of amides is 3. The second-order valence-electron chi connectivity index (χ2n) is 7.45. The Morgan fingerprint density at radius 3 is 1.88 bits per heavy atom. The summed E-state index contributed by atoms with van der Waals surface area (Å²) in [6, 6.07) is 11.5. The van der Waals surface area contributed by atoms with Gasteiger partial charge in [-0.1, -0.05) is 43.3 Å². The van der Waals surface area contributed by atoms with E-state index < -0.39 is 48.3 Å². The third-order valence-electron chi connectivity index (χ3n) is 5.02. The Balaban J connectivity index is 2.14. The van der Waals surface area contributed by atoms with Gasteiger partial charge in [-0.3, -0.25) is 24.4 Å². The SMILES string of the molecule is CCc1ccc(-c2ccc(C(=O)N[C@@H](CC(=O)O)C(=O)N[C@H](C(=O)NO)[C@@H](C)O)cc2)cc1. The number of aryl methyl sites for hydroxylation is 1. The maximum atomic E-state index is 12.6. The Kier molecular flexibility index (Phi) is 9.08. The lowest BCUT2D eigenvalue weighted by molar-refractivity contribution is -0.141. The molecule has 6 N–H and O–H groups in total. The summed E-state index contributed by atoms with van der Waals surface area (Å²) in [5.41, 5.74) is 4.55. The molecule has 33 heavy (non-hydrogen) atoms. The first kappa shape index (κ1) is 25.5. The Hall–Kier alpha value is -3.76. The Morgan fingerprint density at radius 2 is 1.42 bits per heavy atom. The fraction of sp³-hybridized carbons (Fsp3) is 0.304. The zero-order valence-electron chi connectivity index (χ0n) is 18.2. The van der Waals surface area contributed by atoms with Crippen LogP contribution in [0, 0.1) is 0 Å². The van der Waals surface area contributed by atoms with Crippen LogP contribution >= 0.6 is 0 Å². The number of aliphatic hydroxyl groups excluding tert-OH is 1. The molecule has 0 saturated carbocycles. The predicted octanol–water partition coefficient (Wildman–Crippen LogP) is 0.860. The summed E-state index contributed by atoms with van der Waals surface area (Å²) in [5.74, 6) is -4.15. The number of aliphatic hydroxyl groups is 1. The van der Waals surface area contributed by atoms with Crippen molar-refractivity contribution in [2.24, 2.45) is 0 Å². The van der Waals surface area contributed by atoms with Crippen molar-refractivity contribution in [2.45, 2.75) is 44.9 Å². The number of nitrogens with one attached hydrogen (secondary N) is 3. The molecule has 2 aromatic rings. The van der Waals surface area contributed by atoms with Crippen LogP contribution in [-0.2, 0) is 20.8 Å². The summed E-state index contributed by atoms with van der Waals surface area (Å²) in [6.45, 7) is 3.26. The lowest BCUT2D eigenvalue weighted by Gasteiger charge is -2.23. The van der Waals surface area contributed by atoms with Gasteiger partial charge < -0.3 is 20.8 Å². The highest BCUT2D eigenvalue weighted by Gasteiger charge is 2.31. The summed E-state index contributed by atoms with van der Waals surface area (Å²) < 4.78 is 0. The molecule has 0 saturated heterocycles. The molecule has 0 fully saturated rings. The van der Waals surface area contributed by atoms with Gasteiger partial charge in [-0.05, 0) is 42.2 Å².